The minimum absolute atomic E-state index is 0.300. The van der Waals surface area contributed by atoms with Gasteiger partial charge in [-0.25, -0.2) is 4.99 Å². The zero-order valence-corrected chi connectivity index (χ0v) is 16.5. The molecule has 1 aromatic heterocycles. The molecule has 0 saturated carbocycles. The van der Waals surface area contributed by atoms with E-state index in [1.165, 1.54) is 0 Å². The normalized spacial score (nSPS) is 12.4. The number of guanidine groups is 1. The lowest BCUT2D eigenvalue weighted by Crippen LogP contribution is -2.30. The molecule has 0 fully saturated rings. The third-order valence-electron chi connectivity index (χ3n) is 3.67. The van der Waals surface area contributed by atoms with Gasteiger partial charge in [0.05, 0.1) is 5.54 Å². The molecule has 2 rings (SSSR count). The average molecular weight is 361 g/mol. The van der Waals surface area contributed by atoms with Gasteiger partial charge in [-0.2, -0.15) is 5.26 Å². The number of nitrogens with zero attached hydrogens (tertiary/aromatic N) is 3. The Labute approximate surface area is 161 Å². The Balaban J connectivity index is 2.37. The van der Waals surface area contributed by atoms with E-state index in [1.54, 1.807) is 6.20 Å². The predicted octanol–water partition coefficient (Wildman–Crippen LogP) is 4.95. The number of benzene rings is 1. The first-order chi connectivity index (χ1) is 12.9. The maximum atomic E-state index is 9.00. The summed E-state index contributed by atoms with van der Waals surface area (Å²) in [6.45, 7) is 8.12. The van der Waals surface area contributed by atoms with E-state index in [9.17, 15) is 0 Å². The molecular formula is C22H27N5. The molecule has 1 aromatic carbocycles. The van der Waals surface area contributed by atoms with E-state index in [1.807, 2.05) is 51.4 Å². The van der Waals surface area contributed by atoms with Gasteiger partial charge in [0, 0.05) is 23.6 Å². The number of pyridine rings is 1. The van der Waals surface area contributed by atoms with Crippen LogP contribution in [0.1, 0.15) is 51.7 Å². The van der Waals surface area contributed by atoms with Gasteiger partial charge in [0.15, 0.2) is 6.19 Å². The van der Waals surface area contributed by atoms with Crippen molar-refractivity contribution < 1.29 is 0 Å². The van der Waals surface area contributed by atoms with Crippen LogP contribution < -0.4 is 10.6 Å². The first kappa shape index (κ1) is 20.2. The van der Waals surface area contributed by atoms with Crippen molar-refractivity contribution in [1.82, 2.24) is 10.3 Å². The van der Waals surface area contributed by atoms with Crippen LogP contribution in [0.25, 0.3) is 5.57 Å². The molecule has 2 aromatic rings. The van der Waals surface area contributed by atoms with Crippen LogP contribution in [-0.2, 0) is 0 Å². The number of aliphatic imine (C=N–C) groups is 1. The second-order valence-electron chi connectivity index (χ2n) is 7.22. The Morgan fingerprint density at radius 3 is 2.63 bits per heavy atom. The van der Waals surface area contributed by atoms with Gasteiger partial charge >= 0.3 is 0 Å². The molecule has 0 radical (unpaired) electrons. The van der Waals surface area contributed by atoms with Gasteiger partial charge in [-0.1, -0.05) is 37.6 Å². The maximum absolute atomic E-state index is 9.00. The zero-order valence-electron chi connectivity index (χ0n) is 16.5. The summed E-state index contributed by atoms with van der Waals surface area (Å²) >= 11 is 0. The number of rotatable bonds is 5. The van der Waals surface area contributed by atoms with Crippen LogP contribution in [0.4, 0.5) is 5.69 Å². The lowest BCUT2D eigenvalue weighted by Gasteiger charge is -2.17. The summed E-state index contributed by atoms with van der Waals surface area (Å²) in [5.74, 6) is 0.433. The van der Waals surface area contributed by atoms with Crippen LogP contribution in [0.3, 0.4) is 0 Å². The Bertz CT molecular complexity index is 839. The third-order valence-corrected chi connectivity index (χ3v) is 3.67. The van der Waals surface area contributed by atoms with Gasteiger partial charge in [0.2, 0.25) is 5.96 Å². The van der Waals surface area contributed by atoms with Crippen LogP contribution in [0.2, 0.25) is 0 Å². The number of allylic oxidation sites excluding steroid dienone is 1. The van der Waals surface area contributed by atoms with E-state index < -0.39 is 0 Å². The molecule has 0 amide bonds. The highest BCUT2D eigenvalue weighted by atomic mass is 15.2. The number of unbranched alkanes of at least 4 members (excludes halogenated alkanes) is 1. The first-order valence-electron chi connectivity index (χ1n) is 9.16. The van der Waals surface area contributed by atoms with Crippen molar-refractivity contribution in [2.24, 2.45) is 4.99 Å². The van der Waals surface area contributed by atoms with E-state index in [0.29, 0.717) is 5.96 Å². The molecule has 5 nitrogen and oxygen atoms in total. The van der Waals surface area contributed by atoms with Crippen LogP contribution in [0.15, 0.2) is 59.9 Å². The van der Waals surface area contributed by atoms with Gasteiger partial charge in [-0.3, -0.25) is 10.3 Å². The number of nitriles is 1. The monoisotopic (exact) mass is 361 g/mol. The molecule has 2 N–H and O–H groups in total. The van der Waals surface area contributed by atoms with E-state index in [2.05, 4.69) is 51.8 Å². The fourth-order valence-electron chi connectivity index (χ4n) is 2.59. The summed E-state index contributed by atoms with van der Waals surface area (Å²) in [5.41, 5.74) is 3.89. The standard InChI is InChI=1S/C22H27N5/c1-5-6-12-20(18-10-8-13-24-15-18)17-9-7-11-19(14-17)26-21(25-16-23)27-22(2,3)4/h7-15H,5-6H2,1-4H3,(H2,25,26,27)/b20-12-. The van der Waals surface area contributed by atoms with Gasteiger partial charge in [-0.15, -0.1) is 0 Å². The smallest absolute Gasteiger partial charge is 0.209 e. The molecule has 5 heteroatoms. The number of hydrogen-bond donors (Lipinski definition) is 2. The SMILES string of the molecule is CCC/C=C(\c1cccnc1)c1cccc(NC(=NC(C)(C)C)NC#N)c1. The fourth-order valence-corrected chi connectivity index (χ4v) is 2.59. The molecular weight excluding hydrogens is 334 g/mol. The number of anilines is 1. The summed E-state index contributed by atoms with van der Waals surface area (Å²) in [5, 5.41) is 14.8. The highest BCUT2D eigenvalue weighted by Crippen LogP contribution is 2.26. The minimum atomic E-state index is -0.300. The van der Waals surface area contributed by atoms with Crippen molar-refractivity contribution in [2.45, 2.75) is 46.1 Å². The molecule has 0 aliphatic heterocycles. The van der Waals surface area contributed by atoms with Crippen molar-refractivity contribution in [3.63, 3.8) is 0 Å². The van der Waals surface area contributed by atoms with Gasteiger partial charge in [0.25, 0.3) is 0 Å². The van der Waals surface area contributed by atoms with E-state index in [4.69, 9.17) is 5.26 Å². The Hall–Kier alpha value is -3.13. The molecule has 0 aliphatic rings. The summed E-state index contributed by atoms with van der Waals surface area (Å²) in [7, 11) is 0. The molecule has 0 spiro atoms. The van der Waals surface area contributed by atoms with Gasteiger partial charge in [0.1, 0.15) is 0 Å². The van der Waals surface area contributed by atoms with Crippen LogP contribution in [-0.4, -0.2) is 16.5 Å². The lowest BCUT2D eigenvalue weighted by atomic mass is 9.97. The van der Waals surface area contributed by atoms with Gasteiger partial charge < -0.3 is 5.32 Å². The summed E-state index contributed by atoms with van der Waals surface area (Å²) in [6.07, 6.45) is 9.92. The van der Waals surface area contributed by atoms with E-state index in [-0.39, 0.29) is 5.54 Å². The van der Waals surface area contributed by atoms with Crippen LogP contribution in [0, 0.1) is 11.5 Å². The predicted molar refractivity (Wildman–Crippen MR) is 112 cm³/mol. The Kier molecular flexibility index (Phi) is 7.13. The summed E-state index contributed by atoms with van der Waals surface area (Å²) in [6, 6.07) is 12.1. The van der Waals surface area contributed by atoms with Crippen molar-refractivity contribution >= 4 is 17.2 Å². The Morgan fingerprint density at radius 1 is 1.22 bits per heavy atom. The molecule has 0 unspecified atom stereocenters. The van der Waals surface area contributed by atoms with E-state index in [0.717, 1.165) is 35.2 Å². The van der Waals surface area contributed by atoms with Crippen molar-refractivity contribution in [3.05, 3.63) is 66.0 Å². The highest BCUT2D eigenvalue weighted by Gasteiger charge is 2.11. The van der Waals surface area contributed by atoms with Crippen LogP contribution in [0.5, 0.6) is 0 Å². The maximum Gasteiger partial charge on any atom is 0.209 e. The second kappa shape index (κ2) is 9.54. The second-order valence-corrected chi connectivity index (χ2v) is 7.22. The average Bonchev–Trinajstić information content (AvgIpc) is 2.62. The first-order valence-corrected chi connectivity index (χ1v) is 9.16. The minimum Gasteiger partial charge on any atom is -0.325 e. The number of aromatic nitrogens is 1. The molecule has 140 valence electrons. The van der Waals surface area contributed by atoms with E-state index >= 15 is 0 Å². The lowest BCUT2D eigenvalue weighted by molar-refractivity contribution is 0.581. The molecule has 0 aliphatic carbocycles. The molecule has 0 saturated heterocycles. The Morgan fingerprint density at radius 2 is 2.00 bits per heavy atom. The number of hydrogen-bond acceptors (Lipinski definition) is 3. The zero-order chi connectivity index (χ0) is 19.7. The van der Waals surface area contributed by atoms with Crippen LogP contribution >= 0.6 is 0 Å². The topological polar surface area (TPSA) is 73.1 Å². The molecule has 1 heterocycles. The van der Waals surface area contributed by atoms with Crippen molar-refractivity contribution in [3.8, 4) is 6.19 Å². The third kappa shape index (κ3) is 6.59. The van der Waals surface area contributed by atoms with Crippen molar-refractivity contribution in [2.75, 3.05) is 5.32 Å². The van der Waals surface area contributed by atoms with Gasteiger partial charge in [-0.05, 0) is 56.5 Å². The quantitative estimate of drug-likeness (QED) is 0.342. The largest absolute Gasteiger partial charge is 0.325 e. The molecule has 0 atom stereocenters. The number of nitrogens with one attached hydrogen (secondary N) is 2. The summed E-state index contributed by atoms with van der Waals surface area (Å²) < 4.78 is 0. The fraction of sp³-hybridized carbons (Fsp3) is 0.318. The molecule has 0 bridgehead atoms. The summed E-state index contributed by atoms with van der Waals surface area (Å²) in [4.78, 5) is 8.78. The highest BCUT2D eigenvalue weighted by molar-refractivity contribution is 5.95. The van der Waals surface area contributed by atoms with Crippen molar-refractivity contribution in [1.29, 1.82) is 5.26 Å². The molecule has 27 heavy (non-hydrogen) atoms.